The van der Waals surface area contributed by atoms with Crippen LogP contribution < -0.4 is 10.2 Å². The van der Waals surface area contributed by atoms with Gasteiger partial charge in [-0.3, -0.25) is 9.67 Å². The van der Waals surface area contributed by atoms with Gasteiger partial charge in [0.1, 0.15) is 0 Å². The summed E-state index contributed by atoms with van der Waals surface area (Å²) in [6.45, 7) is 16.3. The molecule has 7 heteroatoms. The molecule has 0 spiro atoms. The molecule has 3 aliphatic rings. The van der Waals surface area contributed by atoms with E-state index in [-0.39, 0.29) is 0 Å². The van der Waals surface area contributed by atoms with Gasteiger partial charge in [-0.25, -0.2) is 4.99 Å². The number of fused-ring (bicyclic) bond motifs is 7. The maximum atomic E-state index is 5.08. The molecule has 7 nitrogen and oxygen atoms in total. The zero-order valence-corrected chi connectivity index (χ0v) is 23.5. The molecule has 202 valence electrons. The van der Waals surface area contributed by atoms with Crippen molar-refractivity contribution in [2.24, 2.45) is 18.0 Å². The van der Waals surface area contributed by atoms with Crippen molar-refractivity contribution in [2.45, 2.75) is 52.4 Å². The summed E-state index contributed by atoms with van der Waals surface area (Å²) < 4.78 is 2.00. The highest BCUT2D eigenvalue weighted by Crippen LogP contribution is 2.38. The third-order valence-corrected chi connectivity index (χ3v) is 8.33. The molecule has 1 N–H and O–H groups in total. The number of aromatic nitrogens is 3. The monoisotopic (exact) mass is 521 g/mol. The summed E-state index contributed by atoms with van der Waals surface area (Å²) in [5.41, 5.74) is 10.5. The number of rotatable bonds is 2. The standard InChI is InChI=1S/C32H39N7/c1-21-10-6-7-11-30-27(19-33-37(30)5)29-17-26(16-22(2)34-29)23(3)35-32-36-28-13-12-25(18-31(28)39(32)20-21)24(4)38-14-8-9-15-38/h12-13,16-19,21H,3-4,6-11,14-15,20H2,1-2,5H3,(H,35,36)/t21-/m1/s1. The van der Waals surface area contributed by atoms with E-state index in [1.807, 2.05) is 24.9 Å². The molecule has 0 amide bonds. The van der Waals surface area contributed by atoms with Crippen LogP contribution >= 0.6 is 0 Å². The Morgan fingerprint density at radius 3 is 2.72 bits per heavy atom. The van der Waals surface area contributed by atoms with E-state index in [1.54, 1.807) is 0 Å². The van der Waals surface area contributed by atoms with Crippen LogP contribution in [0.3, 0.4) is 0 Å². The quantitative estimate of drug-likeness (QED) is 0.418. The Kier molecular flexibility index (Phi) is 6.75. The number of benzene rings is 1. The van der Waals surface area contributed by atoms with Crippen molar-refractivity contribution in [1.82, 2.24) is 19.7 Å². The highest BCUT2D eigenvalue weighted by Gasteiger charge is 2.28. The van der Waals surface area contributed by atoms with Gasteiger partial charge in [0.05, 0.1) is 29.0 Å². The molecular weight excluding hydrogens is 482 g/mol. The lowest BCUT2D eigenvalue weighted by atomic mass is 10.00. The smallest absolute Gasteiger partial charge is 0.208 e. The Morgan fingerprint density at radius 2 is 1.90 bits per heavy atom. The SMILES string of the molecule is C=C1/N=C2\Nc3ccc(C(=C)N4CCCC4)cc3N2C[C@H](C)CCCCc2c(cnn2C)-c2cc1cc(C)n2. The molecule has 5 heterocycles. The van der Waals surface area contributed by atoms with Crippen LogP contribution in [0.4, 0.5) is 11.4 Å². The fourth-order valence-electron chi connectivity index (χ4n) is 6.11. The Labute approximate surface area is 232 Å². The van der Waals surface area contributed by atoms with Gasteiger partial charge in [-0.15, -0.1) is 0 Å². The predicted molar refractivity (Wildman–Crippen MR) is 162 cm³/mol. The number of aryl methyl sites for hydroxylation is 2. The third kappa shape index (κ3) is 4.98. The van der Waals surface area contributed by atoms with Gasteiger partial charge >= 0.3 is 0 Å². The van der Waals surface area contributed by atoms with Gasteiger partial charge in [0.15, 0.2) is 0 Å². The van der Waals surface area contributed by atoms with Crippen molar-refractivity contribution in [3.05, 3.63) is 72.2 Å². The van der Waals surface area contributed by atoms with E-state index >= 15 is 0 Å². The molecule has 3 aliphatic heterocycles. The van der Waals surface area contributed by atoms with Crippen molar-refractivity contribution in [3.8, 4) is 11.3 Å². The Bertz CT molecular complexity index is 1460. The second kappa shape index (κ2) is 10.4. The van der Waals surface area contributed by atoms with Gasteiger partial charge in [-0.2, -0.15) is 5.10 Å². The molecule has 3 aromatic rings. The molecule has 1 fully saturated rings. The van der Waals surface area contributed by atoms with Crippen LogP contribution in [-0.2, 0) is 13.5 Å². The van der Waals surface area contributed by atoms with Crippen molar-refractivity contribution >= 4 is 28.7 Å². The highest BCUT2D eigenvalue weighted by molar-refractivity contribution is 6.16. The van der Waals surface area contributed by atoms with Gasteiger partial charge in [-0.1, -0.05) is 32.6 Å². The lowest BCUT2D eigenvalue weighted by Gasteiger charge is -2.25. The average Bonchev–Trinajstić information content (AvgIpc) is 3.65. The number of anilines is 2. The molecule has 39 heavy (non-hydrogen) atoms. The van der Waals surface area contributed by atoms with E-state index in [4.69, 9.17) is 9.98 Å². The van der Waals surface area contributed by atoms with Crippen LogP contribution in [0.1, 0.15) is 61.5 Å². The van der Waals surface area contributed by atoms with Crippen LogP contribution in [0.2, 0.25) is 0 Å². The molecule has 1 saturated heterocycles. The second-order valence-electron chi connectivity index (χ2n) is 11.4. The topological polar surface area (TPSA) is 61.6 Å². The van der Waals surface area contributed by atoms with E-state index in [0.29, 0.717) is 5.92 Å². The molecule has 6 rings (SSSR count). The Balaban J connectivity index is 1.39. The first-order valence-corrected chi connectivity index (χ1v) is 14.3. The second-order valence-corrected chi connectivity index (χ2v) is 11.4. The van der Waals surface area contributed by atoms with Gasteiger partial charge in [0.25, 0.3) is 0 Å². The Hall–Kier alpha value is -3.87. The van der Waals surface area contributed by atoms with E-state index in [1.165, 1.54) is 29.8 Å². The first-order valence-electron chi connectivity index (χ1n) is 14.3. The summed E-state index contributed by atoms with van der Waals surface area (Å²) >= 11 is 0. The highest BCUT2D eigenvalue weighted by atomic mass is 15.4. The lowest BCUT2D eigenvalue weighted by Crippen LogP contribution is -2.34. The van der Waals surface area contributed by atoms with Crippen LogP contribution in [0.25, 0.3) is 22.7 Å². The van der Waals surface area contributed by atoms with Gasteiger partial charge < -0.3 is 15.1 Å². The molecular formula is C32H39N7. The first kappa shape index (κ1) is 25.4. The maximum Gasteiger partial charge on any atom is 0.208 e. The first-order chi connectivity index (χ1) is 18.9. The number of pyridine rings is 1. The van der Waals surface area contributed by atoms with Crippen molar-refractivity contribution in [1.29, 1.82) is 0 Å². The van der Waals surface area contributed by atoms with E-state index < -0.39 is 0 Å². The minimum Gasteiger partial charge on any atom is -0.372 e. The molecule has 2 bridgehead atoms. The molecule has 0 unspecified atom stereocenters. The summed E-state index contributed by atoms with van der Waals surface area (Å²) in [7, 11) is 2.03. The number of nitrogens with zero attached hydrogens (tertiary/aromatic N) is 6. The number of guanidine groups is 1. The summed E-state index contributed by atoms with van der Waals surface area (Å²) in [5, 5.41) is 8.17. The van der Waals surface area contributed by atoms with Gasteiger partial charge in [-0.05, 0) is 74.8 Å². The molecule has 1 atom stereocenters. The minimum atomic E-state index is 0.503. The summed E-state index contributed by atoms with van der Waals surface area (Å²) in [6, 6.07) is 10.8. The average molecular weight is 522 g/mol. The zero-order valence-electron chi connectivity index (χ0n) is 23.5. The summed E-state index contributed by atoms with van der Waals surface area (Å²) in [6.07, 6.45) is 8.86. The summed E-state index contributed by atoms with van der Waals surface area (Å²) in [4.78, 5) is 14.7. The van der Waals surface area contributed by atoms with Gasteiger partial charge in [0.2, 0.25) is 5.96 Å². The summed E-state index contributed by atoms with van der Waals surface area (Å²) in [5.74, 6) is 1.33. The van der Waals surface area contributed by atoms with E-state index in [2.05, 4.69) is 70.6 Å². The zero-order chi connectivity index (χ0) is 27.1. The maximum absolute atomic E-state index is 5.08. The predicted octanol–water partition coefficient (Wildman–Crippen LogP) is 6.48. The minimum absolute atomic E-state index is 0.503. The van der Waals surface area contributed by atoms with E-state index in [9.17, 15) is 0 Å². The van der Waals surface area contributed by atoms with E-state index in [0.717, 1.165) is 90.9 Å². The number of aliphatic imine (C=N–C) groups is 1. The molecule has 2 aromatic heterocycles. The van der Waals surface area contributed by atoms with Gasteiger partial charge in [0, 0.05) is 54.9 Å². The van der Waals surface area contributed by atoms with Crippen LogP contribution in [0.15, 0.2) is 54.7 Å². The third-order valence-electron chi connectivity index (χ3n) is 8.33. The lowest BCUT2D eigenvalue weighted by molar-refractivity contribution is 0.494. The molecule has 1 aromatic carbocycles. The number of likely N-dealkylation sites (tertiary alicyclic amines) is 1. The number of nitrogens with one attached hydrogen (secondary N) is 1. The van der Waals surface area contributed by atoms with Crippen LogP contribution in [0.5, 0.6) is 0 Å². The fraction of sp³-hybridized carbons (Fsp3) is 0.406. The number of hydrogen-bond donors (Lipinski definition) is 1. The van der Waals surface area contributed by atoms with Crippen LogP contribution in [-0.4, -0.2) is 45.3 Å². The Morgan fingerprint density at radius 1 is 1.08 bits per heavy atom. The number of hydrogen-bond acceptors (Lipinski definition) is 6. The van der Waals surface area contributed by atoms with Crippen molar-refractivity contribution in [3.63, 3.8) is 0 Å². The van der Waals surface area contributed by atoms with Crippen molar-refractivity contribution in [2.75, 3.05) is 29.9 Å². The van der Waals surface area contributed by atoms with Crippen LogP contribution in [0, 0.1) is 12.8 Å². The largest absolute Gasteiger partial charge is 0.372 e. The molecule has 0 saturated carbocycles. The normalized spacial score (nSPS) is 20.7. The van der Waals surface area contributed by atoms with Crippen molar-refractivity contribution < 1.29 is 0 Å². The fourth-order valence-corrected chi connectivity index (χ4v) is 6.11. The molecule has 0 aliphatic carbocycles. The molecule has 0 radical (unpaired) electrons.